The highest BCUT2D eigenvalue weighted by Gasteiger charge is 2.46. The molecule has 4 nitrogen and oxygen atoms in total. The van der Waals surface area contributed by atoms with Crippen molar-refractivity contribution in [2.75, 3.05) is 19.7 Å². The zero-order chi connectivity index (χ0) is 12.0. The second-order valence-corrected chi connectivity index (χ2v) is 6.07. The van der Waals surface area contributed by atoms with E-state index in [9.17, 15) is 4.79 Å². The van der Waals surface area contributed by atoms with E-state index in [0.29, 0.717) is 17.9 Å². The van der Waals surface area contributed by atoms with E-state index >= 15 is 0 Å². The fourth-order valence-corrected chi connectivity index (χ4v) is 3.71. The molecule has 3 fully saturated rings. The van der Waals surface area contributed by atoms with Crippen LogP contribution in [0.4, 0.5) is 0 Å². The molecular formula is C13H23ClN2O2. The highest BCUT2D eigenvalue weighted by molar-refractivity contribution is 5.85. The largest absolute Gasteiger partial charge is 0.365 e. The molecule has 18 heavy (non-hydrogen) atoms. The first-order valence-electron chi connectivity index (χ1n) is 6.79. The molecule has 4 atom stereocenters. The number of halogens is 1. The van der Waals surface area contributed by atoms with Crippen LogP contribution >= 0.6 is 12.4 Å². The van der Waals surface area contributed by atoms with Crippen LogP contribution in [0.15, 0.2) is 0 Å². The number of fused-ring (bicyclic) bond motifs is 2. The minimum Gasteiger partial charge on any atom is -0.365 e. The predicted molar refractivity (Wildman–Crippen MR) is 71.6 cm³/mol. The number of hydrogen-bond donors (Lipinski definition) is 1. The van der Waals surface area contributed by atoms with Crippen LogP contribution in [0, 0.1) is 11.8 Å². The Morgan fingerprint density at radius 1 is 1.33 bits per heavy atom. The molecule has 3 rings (SSSR count). The van der Waals surface area contributed by atoms with Crippen molar-refractivity contribution in [2.45, 2.75) is 44.2 Å². The fraction of sp³-hybridized carbons (Fsp3) is 0.923. The van der Waals surface area contributed by atoms with E-state index in [1.807, 2.05) is 11.8 Å². The number of carbonyl (C=O) groups excluding carboxylic acids is 1. The van der Waals surface area contributed by atoms with E-state index in [1.54, 1.807) is 0 Å². The summed E-state index contributed by atoms with van der Waals surface area (Å²) < 4.78 is 5.65. The first kappa shape index (κ1) is 14.1. The second kappa shape index (κ2) is 4.99. The van der Waals surface area contributed by atoms with Gasteiger partial charge in [0.2, 0.25) is 0 Å². The minimum atomic E-state index is -0.555. The first-order valence-corrected chi connectivity index (χ1v) is 6.79. The molecule has 2 saturated heterocycles. The normalized spacial score (nSPS) is 42.8. The maximum atomic E-state index is 12.5. The Kier molecular flexibility index (Phi) is 3.90. The molecule has 2 unspecified atom stereocenters. The molecule has 0 aromatic heterocycles. The van der Waals surface area contributed by atoms with Gasteiger partial charge in [-0.2, -0.15) is 0 Å². The van der Waals surface area contributed by atoms with E-state index in [1.165, 1.54) is 12.8 Å². The molecule has 0 aromatic rings. The number of rotatable bonds is 1. The van der Waals surface area contributed by atoms with Crippen LogP contribution in [0.25, 0.3) is 0 Å². The number of piperidine rings is 1. The van der Waals surface area contributed by atoms with Crippen molar-refractivity contribution in [3.63, 3.8) is 0 Å². The van der Waals surface area contributed by atoms with Crippen molar-refractivity contribution in [1.29, 1.82) is 0 Å². The number of hydrogen-bond acceptors (Lipinski definition) is 3. The summed E-state index contributed by atoms with van der Waals surface area (Å²) in [5.41, 5.74) is 5.61. The maximum Gasteiger partial charge on any atom is 0.254 e. The summed E-state index contributed by atoms with van der Waals surface area (Å²) in [5, 5.41) is 0. The number of ether oxygens (including phenoxy) is 1. The molecule has 2 N–H and O–H groups in total. The van der Waals surface area contributed by atoms with Crippen molar-refractivity contribution in [3.8, 4) is 0 Å². The van der Waals surface area contributed by atoms with Crippen molar-refractivity contribution < 1.29 is 9.53 Å². The van der Waals surface area contributed by atoms with E-state index < -0.39 is 5.60 Å². The monoisotopic (exact) mass is 274 g/mol. The third kappa shape index (κ3) is 2.15. The van der Waals surface area contributed by atoms with E-state index in [-0.39, 0.29) is 18.3 Å². The molecule has 104 valence electrons. The van der Waals surface area contributed by atoms with Crippen LogP contribution in [-0.4, -0.2) is 42.1 Å². The van der Waals surface area contributed by atoms with Gasteiger partial charge in [-0.1, -0.05) is 0 Å². The predicted octanol–water partition coefficient (Wildman–Crippen LogP) is 1.17. The highest BCUT2D eigenvalue weighted by Crippen LogP contribution is 2.37. The minimum absolute atomic E-state index is 0. The summed E-state index contributed by atoms with van der Waals surface area (Å²) in [6.07, 6.45) is 4.24. The number of likely N-dealkylation sites (tertiary alicyclic amines) is 1. The van der Waals surface area contributed by atoms with Gasteiger partial charge in [0.25, 0.3) is 5.91 Å². The SMILES string of the molecule is CC1(C(=O)N2C[C@H]3CC[C@@H](C2)C3N)CCCO1.Cl. The summed E-state index contributed by atoms with van der Waals surface area (Å²) in [6, 6.07) is 0.316. The molecule has 2 bridgehead atoms. The van der Waals surface area contributed by atoms with Gasteiger partial charge in [0.05, 0.1) is 0 Å². The number of carbonyl (C=O) groups is 1. The van der Waals surface area contributed by atoms with Crippen molar-refractivity contribution in [3.05, 3.63) is 0 Å². The standard InChI is InChI=1S/C13H22N2O2.ClH/c1-13(5-2-6-17-13)12(16)15-7-9-3-4-10(8-15)11(9)14;/h9-11H,2-8,14H2,1H3;1H/t9-,10+,11?,13?;. The summed E-state index contributed by atoms with van der Waals surface area (Å²) >= 11 is 0. The molecule has 0 radical (unpaired) electrons. The lowest BCUT2D eigenvalue weighted by Crippen LogP contribution is -2.55. The number of nitrogens with zero attached hydrogens (tertiary/aromatic N) is 1. The number of amides is 1. The molecule has 0 aromatic carbocycles. The van der Waals surface area contributed by atoms with Crippen molar-refractivity contribution in [2.24, 2.45) is 17.6 Å². The second-order valence-electron chi connectivity index (χ2n) is 6.07. The van der Waals surface area contributed by atoms with Gasteiger partial charge in [-0.3, -0.25) is 4.79 Å². The summed E-state index contributed by atoms with van der Waals surface area (Å²) in [7, 11) is 0. The molecule has 0 spiro atoms. The Morgan fingerprint density at radius 2 is 1.94 bits per heavy atom. The van der Waals surface area contributed by atoms with E-state index in [0.717, 1.165) is 32.5 Å². The zero-order valence-corrected chi connectivity index (χ0v) is 11.7. The molecule has 1 saturated carbocycles. The summed E-state index contributed by atoms with van der Waals surface area (Å²) in [5.74, 6) is 1.23. The van der Waals surface area contributed by atoms with Gasteiger partial charge in [0.15, 0.2) is 0 Å². The van der Waals surface area contributed by atoms with Crippen LogP contribution < -0.4 is 5.73 Å². The van der Waals surface area contributed by atoms with Crippen LogP contribution in [0.1, 0.15) is 32.6 Å². The van der Waals surface area contributed by atoms with Gasteiger partial charge in [-0.05, 0) is 44.4 Å². The van der Waals surface area contributed by atoms with E-state index in [4.69, 9.17) is 10.5 Å². The Hall–Kier alpha value is -0.320. The summed E-state index contributed by atoms with van der Waals surface area (Å²) in [6.45, 7) is 4.35. The molecule has 3 aliphatic rings. The molecular weight excluding hydrogens is 252 g/mol. The number of nitrogens with two attached hydrogens (primary N) is 1. The van der Waals surface area contributed by atoms with Gasteiger partial charge < -0.3 is 15.4 Å². The van der Waals surface area contributed by atoms with Gasteiger partial charge in [0, 0.05) is 25.7 Å². The van der Waals surface area contributed by atoms with Gasteiger partial charge >= 0.3 is 0 Å². The van der Waals surface area contributed by atoms with Gasteiger partial charge in [0.1, 0.15) is 5.60 Å². The zero-order valence-electron chi connectivity index (χ0n) is 10.9. The topological polar surface area (TPSA) is 55.6 Å². The van der Waals surface area contributed by atoms with Crippen LogP contribution in [0.2, 0.25) is 0 Å². The molecule has 2 heterocycles. The quantitative estimate of drug-likeness (QED) is 0.781. The lowest BCUT2D eigenvalue weighted by molar-refractivity contribution is -0.153. The average molecular weight is 275 g/mol. The third-order valence-electron chi connectivity index (χ3n) is 4.87. The highest BCUT2D eigenvalue weighted by atomic mass is 35.5. The Bertz CT molecular complexity index is 317. The van der Waals surface area contributed by atoms with E-state index in [2.05, 4.69) is 0 Å². The van der Waals surface area contributed by atoms with Crippen molar-refractivity contribution >= 4 is 18.3 Å². The van der Waals surface area contributed by atoms with Crippen molar-refractivity contribution in [1.82, 2.24) is 4.90 Å². The molecule has 2 aliphatic heterocycles. The summed E-state index contributed by atoms with van der Waals surface area (Å²) in [4.78, 5) is 14.5. The van der Waals surface area contributed by atoms with Gasteiger partial charge in [-0.25, -0.2) is 0 Å². The van der Waals surface area contributed by atoms with Crippen LogP contribution in [-0.2, 0) is 9.53 Å². The first-order chi connectivity index (χ1) is 8.10. The lowest BCUT2D eigenvalue weighted by Gasteiger charge is -2.39. The lowest BCUT2D eigenvalue weighted by atomic mass is 9.91. The van der Waals surface area contributed by atoms with Crippen LogP contribution in [0.3, 0.4) is 0 Å². The third-order valence-corrected chi connectivity index (χ3v) is 4.87. The Morgan fingerprint density at radius 3 is 2.44 bits per heavy atom. The van der Waals surface area contributed by atoms with Crippen LogP contribution in [0.5, 0.6) is 0 Å². The average Bonchev–Trinajstić information content (AvgIpc) is 2.81. The molecule has 1 amide bonds. The smallest absolute Gasteiger partial charge is 0.254 e. The molecule has 5 heteroatoms. The molecule has 1 aliphatic carbocycles. The Labute approximate surface area is 115 Å². The fourth-order valence-electron chi connectivity index (χ4n) is 3.71. The Balaban J connectivity index is 0.00000120. The maximum absolute atomic E-state index is 12.5. The van der Waals surface area contributed by atoms with Gasteiger partial charge in [-0.15, -0.1) is 12.4 Å².